The van der Waals surface area contributed by atoms with E-state index in [9.17, 15) is 0 Å². The summed E-state index contributed by atoms with van der Waals surface area (Å²) in [6, 6.07) is 30.7. The van der Waals surface area contributed by atoms with Crippen molar-refractivity contribution in [3.8, 4) is 0 Å². The molecule has 3 aromatic rings. The van der Waals surface area contributed by atoms with Crippen molar-refractivity contribution in [2.24, 2.45) is 5.92 Å². The first-order valence-electron chi connectivity index (χ1n) is 9.47. The normalized spacial score (nSPS) is 26.2. The Morgan fingerprint density at radius 1 is 0.577 bits per heavy atom. The van der Waals surface area contributed by atoms with Gasteiger partial charge < -0.3 is 0 Å². The Morgan fingerprint density at radius 3 is 1.96 bits per heavy atom. The number of hydrogen-bond donors (Lipinski definition) is 0. The van der Waals surface area contributed by atoms with Gasteiger partial charge >= 0.3 is 0 Å². The summed E-state index contributed by atoms with van der Waals surface area (Å²) in [6.07, 6.45) is 9.64. The topological polar surface area (TPSA) is 0 Å². The van der Waals surface area contributed by atoms with Gasteiger partial charge in [0.2, 0.25) is 0 Å². The summed E-state index contributed by atoms with van der Waals surface area (Å²) in [5.74, 6) is 1.98. The van der Waals surface area contributed by atoms with Crippen molar-refractivity contribution in [2.75, 3.05) is 0 Å². The molecule has 5 rings (SSSR count). The first-order valence-corrected chi connectivity index (χ1v) is 9.47. The second-order valence-electron chi connectivity index (χ2n) is 7.35. The first kappa shape index (κ1) is 15.4. The summed E-state index contributed by atoms with van der Waals surface area (Å²) in [6.45, 7) is 0. The van der Waals surface area contributed by atoms with E-state index < -0.39 is 0 Å². The van der Waals surface area contributed by atoms with Crippen molar-refractivity contribution in [1.29, 1.82) is 0 Å². The molecule has 0 aliphatic heterocycles. The average molecular weight is 334 g/mol. The average Bonchev–Trinajstić information content (AvgIpc) is 2.92. The second-order valence-corrected chi connectivity index (χ2v) is 7.35. The minimum atomic E-state index is 0.446. The first-order chi connectivity index (χ1) is 12.9. The van der Waals surface area contributed by atoms with Gasteiger partial charge in [0.1, 0.15) is 0 Å². The molecule has 2 aliphatic carbocycles. The summed E-state index contributed by atoms with van der Waals surface area (Å²) < 4.78 is 0. The fourth-order valence-corrected chi connectivity index (χ4v) is 4.80. The van der Waals surface area contributed by atoms with E-state index in [1.165, 1.54) is 22.3 Å². The minimum Gasteiger partial charge on any atom is -0.0797 e. The van der Waals surface area contributed by atoms with E-state index in [2.05, 4.69) is 109 Å². The standard InChI is InChI=1S/C26H22/c1-3-9-19(10-4-1)15-16-25-23-18-17-21(20-11-5-2-6-12-20)26(25)24-14-8-7-13-22(23)24/h1-18,21,23,25-26H/b16-15+/t21-,23+,25-,26-/m1/s1. The lowest BCUT2D eigenvalue weighted by atomic mass is 9.71. The van der Waals surface area contributed by atoms with Gasteiger partial charge in [-0.15, -0.1) is 0 Å². The molecule has 4 atom stereocenters. The Labute approximate surface area is 155 Å². The molecule has 0 nitrogen and oxygen atoms in total. The van der Waals surface area contributed by atoms with E-state index in [1.54, 1.807) is 0 Å². The lowest BCUT2D eigenvalue weighted by Gasteiger charge is -2.31. The van der Waals surface area contributed by atoms with Crippen molar-refractivity contribution < 1.29 is 0 Å². The van der Waals surface area contributed by atoms with E-state index >= 15 is 0 Å². The van der Waals surface area contributed by atoms with Crippen LogP contribution >= 0.6 is 0 Å². The van der Waals surface area contributed by atoms with Crippen LogP contribution in [0, 0.1) is 5.92 Å². The lowest BCUT2D eigenvalue weighted by Crippen LogP contribution is -2.19. The van der Waals surface area contributed by atoms with Gasteiger partial charge in [0.05, 0.1) is 0 Å². The van der Waals surface area contributed by atoms with Crippen molar-refractivity contribution in [3.05, 3.63) is 125 Å². The van der Waals surface area contributed by atoms with Crippen LogP contribution in [0.25, 0.3) is 6.08 Å². The maximum absolute atomic E-state index is 2.45. The largest absolute Gasteiger partial charge is 0.0797 e. The molecule has 3 aromatic carbocycles. The van der Waals surface area contributed by atoms with Crippen LogP contribution < -0.4 is 0 Å². The molecule has 0 unspecified atom stereocenters. The molecule has 126 valence electrons. The molecule has 0 aromatic heterocycles. The van der Waals surface area contributed by atoms with Crippen LogP contribution in [0.3, 0.4) is 0 Å². The lowest BCUT2D eigenvalue weighted by molar-refractivity contribution is 0.458. The van der Waals surface area contributed by atoms with Crippen molar-refractivity contribution in [2.45, 2.75) is 17.8 Å². The quantitative estimate of drug-likeness (QED) is 0.476. The van der Waals surface area contributed by atoms with Gasteiger partial charge in [0, 0.05) is 17.8 Å². The molecule has 2 aliphatic rings. The molecule has 0 heterocycles. The van der Waals surface area contributed by atoms with Gasteiger partial charge in [-0.25, -0.2) is 0 Å². The van der Waals surface area contributed by atoms with E-state index in [0.717, 1.165) is 0 Å². The number of fused-ring (bicyclic) bond motifs is 5. The van der Waals surface area contributed by atoms with Gasteiger partial charge in [0.25, 0.3) is 0 Å². The van der Waals surface area contributed by atoms with Crippen LogP contribution in [0.5, 0.6) is 0 Å². The zero-order chi connectivity index (χ0) is 17.3. The molecule has 0 amide bonds. The molecule has 0 radical (unpaired) electrons. The summed E-state index contributed by atoms with van der Waals surface area (Å²) in [7, 11) is 0. The fourth-order valence-electron chi connectivity index (χ4n) is 4.80. The maximum Gasteiger partial charge on any atom is 0.00930 e. The van der Waals surface area contributed by atoms with Gasteiger partial charge in [-0.2, -0.15) is 0 Å². The van der Waals surface area contributed by atoms with E-state index in [4.69, 9.17) is 0 Å². The van der Waals surface area contributed by atoms with Crippen LogP contribution in [0.15, 0.2) is 103 Å². The highest BCUT2D eigenvalue weighted by atomic mass is 14.5. The molecule has 0 spiro atoms. The number of rotatable bonds is 3. The van der Waals surface area contributed by atoms with Gasteiger partial charge in [-0.05, 0) is 28.2 Å². The predicted octanol–water partition coefficient (Wildman–Crippen LogP) is 6.55. The molecule has 2 bridgehead atoms. The monoisotopic (exact) mass is 334 g/mol. The Morgan fingerprint density at radius 2 is 1.19 bits per heavy atom. The molecule has 0 heteroatoms. The zero-order valence-electron chi connectivity index (χ0n) is 14.7. The predicted molar refractivity (Wildman–Crippen MR) is 109 cm³/mol. The fraction of sp³-hybridized carbons (Fsp3) is 0.154. The highest BCUT2D eigenvalue weighted by Gasteiger charge is 2.44. The third-order valence-corrected chi connectivity index (χ3v) is 5.95. The Balaban J connectivity index is 1.58. The van der Waals surface area contributed by atoms with Crippen LogP contribution in [-0.4, -0.2) is 0 Å². The molecule has 26 heavy (non-hydrogen) atoms. The molecule has 0 saturated heterocycles. The van der Waals surface area contributed by atoms with Crippen LogP contribution in [0.2, 0.25) is 0 Å². The smallest absolute Gasteiger partial charge is 0.00930 e. The summed E-state index contributed by atoms with van der Waals surface area (Å²) in [5.41, 5.74) is 5.73. The summed E-state index contributed by atoms with van der Waals surface area (Å²) >= 11 is 0. The molecular formula is C26H22. The van der Waals surface area contributed by atoms with Crippen LogP contribution in [0.4, 0.5) is 0 Å². The summed E-state index contributed by atoms with van der Waals surface area (Å²) in [5, 5.41) is 0. The Bertz CT molecular complexity index is 950. The highest BCUT2D eigenvalue weighted by molar-refractivity contribution is 5.55. The van der Waals surface area contributed by atoms with Crippen LogP contribution in [-0.2, 0) is 0 Å². The summed E-state index contributed by atoms with van der Waals surface area (Å²) in [4.78, 5) is 0. The van der Waals surface area contributed by atoms with Crippen molar-refractivity contribution in [1.82, 2.24) is 0 Å². The van der Waals surface area contributed by atoms with E-state index in [-0.39, 0.29) is 0 Å². The second kappa shape index (κ2) is 6.46. The van der Waals surface area contributed by atoms with Gasteiger partial charge in [-0.1, -0.05) is 109 Å². The van der Waals surface area contributed by atoms with Crippen LogP contribution in [0.1, 0.15) is 40.0 Å². The minimum absolute atomic E-state index is 0.446. The number of benzene rings is 3. The molecule has 0 saturated carbocycles. The zero-order valence-corrected chi connectivity index (χ0v) is 14.7. The van der Waals surface area contributed by atoms with E-state index in [1.807, 2.05) is 0 Å². The SMILES string of the molecule is C1=C[C@H]2c3ccccc3[C@H]([C@@H]2/C=C/c2ccccc2)[C@H]1c1ccccc1. The van der Waals surface area contributed by atoms with Gasteiger partial charge in [0.15, 0.2) is 0 Å². The van der Waals surface area contributed by atoms with E-state index in [0.29, 0.717) is 23.7 Å². The molecular weight excluding hydrogens is 312 g/mol. The maximum atomic E-state index is 2.45. The molecule has 0 fully saturated rings. The third-order valence-electron chi connectivity index (χ3n) is 5.95. The third kappa shape index (κ3) is 2.54. The number of hydrogen-bond acceptors (Lipinski definition) is 0. The van der Waals surface area contributed by atoms with Crippen molar-refractivity contribution >= 4 is 6.08 Å². The Hall–Kier alpha value is -2.86. The Kier molecular flexibility index (Phi) is 3.83. The van der Waals surface area contributed by atoms with Gasteiger partial charge in [-0.3, -0.25) is 0 Å². The van der Waals surface area contributed by atoms with Crippen molar-refractivity contribution in [3.63, 3.8) is 0 Å². The highest BCUT2D eigenvalue weighted by Crippen LogP contribution is 2.57. The number of allylic oxidation sites excluding steroid dienone is 3. The molecule has 0 N–H and O–H groups in total.